The van der Waals surface area contributed by atoms with Crippen LogP contribution in [0.5, 0.6) is 11.5 Å². The lowest BCUT2D eigenvalue weighted by Crippen LogP contribution is -2.24. The Kier molecular flexibility index (Phi) is 8.64. The molecule has 38 heavy (non-hydrogen) atoms. The Hall–Kier alpha value is -3.73. The predicted octanol–water partition coefficient (Wildman–Crippen LogP) is 7.21. The third-order valence-corrected chi connectivity index (χ3v) is 7.49. The second-order valence-electron chi connectivity index (χ2n) is 10.2. The summed E-state index contributed by atoms with van der Waals surface area (Å²) in [5, 5.41) is 1.11. The van der Waals surface area contributed by atoms with E-state index in [2.05, 4.69) is 41.4 Å². The average molecular weight is 512 g/mol. The number of aromatic nitrogens is 1. The Morgan fingerprint density at radius 3 is 2.39 bits per heavy atom. The normalized spacial score (nSPS) is 14.7. The molecule has 5 nitrogen and oxygen atoms in total. The number of rotatable bonds is 12. The number of esters is 1. The first-order chi connectivity index (χ1) is 18.7. The molecule has 5 rings (SSSR count). The van der Waals surface area contributed by atoms with E-state index in [1.807, 2.05) is 36.4 Å². The molecule has 1 aromatic heterocycles. The van der Waals surface area contributed by atoms with Crippen molar-refractivity contribution >= 4 is 16.9 Å². The van der Waals surface area contributed by atoms with Crippen molar-refractivity contribution in [1.82, 2.24) is 4.98 Å². The van der Waals surface area contributed by atoms with Crippen molar-refractivity contribution < 1.29 is 19.0 Å². The zero-order valence-electron chi connectivity index (χ0n) is 22.2. The quantitative estimate of drug-likeness (QED) is 0.161. The van der Waals surface area contributed by atoms with Gasteiger partial charge in [-0.05, 0) is 61.3 Å². The molecule has 198 valence electrons. The molecular formula is C33H37NO4. The minimum Gasteiger partial charge on any atom is -0.493 e. The molecule has 1 unspecified atom stereocenters. The van der Waals surface area contributed by atoms with Gasteiger partial charge in [0.15, 0.2) is 11.5 Å². The topological polar surface area (TPSA) is 60.5 Å². The number of benzene rings is 3. The number of fused-ring (bicyclic) bond motifs is 3. The van der Waals surface area contributed by atoms with Crippen LogP contribution in [0.3, 0.4) is 0 Å². The molecule has 5 heteroatoms. The highest BCUT2D eigenvalue weighted by Crippen LogP contribution is 2.38. The molecule has 4 aromatic rings. The van der Waals surface area contributed by atoms with E-state index in [0.29, 0.717) is 19.6 Å². The molecule has 0 aliphatic heterocycles. The second kappa shape index (κ2) is 12.7. The maximum Gasteiger partial charge on any atom is 0.309 e. The molecule has 1 heterocycles. The number of hydrogen-bond donors (Lipinski definition) is 1. The fourth-order valence-corrected chi connectivity index (χ4v) is 5.36. The van der Waals surface area contributed by atoms with Gasteiger partial charge in [-0.2, -0.15) is 0 Å². The summed E-state index contributed by atoms with van der Waals surface area (Å²) in [6, 6.07) is 24.6. The molecule has 0 radical (unpaired) electrons. The summed E-state index contributed by atoms with van der Waals surface area (Å²) in [5.41, 5.74) is 5.84. The highest BCUT2D eigenvalue weighted by atomic mass is 16.5. The van der Waals surface area contributed by atoms with Crippen LogP contribution in [0.25, 0.3) is 10.9 Å². The average Bonchev–Trinajstić information content (AvgIpc) is 3.32. The van der Waals surface area contributed by atoms with Crippen LogP contribution in [0, 0.1) is 5.92 Å². The standard InChI is InChI=1S/C33H37NO4/c1-36-31-22-30-28(21-32(31)37-19-11-3-2-6-12-24-13-7-4-8-14-24)27-20-26(17-18-29(27)34-30)33(35)38-23-25-15-9-5-10-16-25/h4-5,7-10,13-16,21-22,26,34H,2-3,6,11-12,17-20,23H2,1H3. The summed E-state index contributed by atoms with van der Waals surface area (Å²) in [6.07, 6.45) is 7.97. The minimum absolute atomic E-state index is 0.119. The van der Waals surface area contributed by atoms with Gasteiger partial charge in [0.25, 0.3) is 0 Å². The first-order valence-electron chi connectivity index (χ1n) is 13.8. The van der Waals surface area contributed by atoms with Crippen LogP contribution in [-0.4, -0.2) is 24.7 Å². The van der Waals surface area contributed by atoms with E-state index in [4.69, 9.17) is 14.2 Å². The number of aromatic amines is 1. The zero-order chi connectivity index (χ0) is 26.2. The summed E-state index contributed by atoms with van der Waals surface area (Å²) in [4.78, 5) is 16.4. The van der Waals surface area contributed by atoms with Gasteiger partial charge in [-0.15, -0.1) is 0 Å². The van der Waals surface area contributed by atoms with Crippen LogP contribution in [-0.2, 0) is 35.4 Å². The first kappa shape index (κ1) is 25.9. The monoisotopic (exact) mass is 511 g/mol. The maximum atomic E-state index is 12.9. The van der Waals surface area contributed by atoms with E-state index in [0.717, 1.165) is 60.1 Å². The smallest absolute Gasteiger partial charge is 0.309 e. The minimum atomic E-state index is -0.132. The van der Waals surface area contributed by atoms with Crippen LogP contribution in [0.15, 0.2) is 72.8 Å². The highest BCUT2D eigenvalue weighted by molar-refractivity contribution is 5.89. The lowest BCUT2D eigenvalue weighted by Gasteiger charge is -2.21. The fraction of sp³-hybridized carbons (Fsp3) is 0.364. The Balaban J connectivity index is 1.17. The van der Waals surface area contributed by atoms with E-state index in [-0.39, 0.29) is 11.9 Å². The van der Waals surface area contributed by atoms with Crippen LogP contribution >= 0.6 is 0 Å². The number of nitrogens with one attached hydrogen (secondary N) is 1. The van der Waals surface area contributed by atoms with E-state index < -0.39 is 0 Å². The molecule has 1 N–H and O–H groups in total. The van der Waals surface area contributed by atoms with Crippen molar-refractivity contribution in [2.75, 3.05) is 13.7 Å². The second-order valence-corrected chi connectivity index (χ2v) is 10.2. The summed E-state index contributed by atoms with van der Waals surface area (Å²) in [5.74, 6) is 1.25. The summed E-state index contributed by atoms with van der Waals surface area (Å²) < 4.78 is 17.5. The summed E-state index contributed by atoms with van der Waals surface area (Å²) >= 11 is 0. The van der Waals surface area contributed by atoms with Gasteiger partial charge in [-0.1, -0.05) is 73.5 Å². The van der Waals surface area contributed by atoms with E-state index in [1.54, 1.807) is 7.11 Å². The number of ether oxygens (including phenoxy) is 3. The number of carbonyl (C=O) groups excluding carboxylic acids is 1. The van der Waals surface area contributed by atoms with Gasteiger partial charge in [0.2, 0.25) is 0 Å². The molecule has 1 atom stereocenters. The zero-order valence-corrected chi connectivity index (χ0v) is 22.2. The summed E-state index contributed by atoms with van der Waals surface area (Å²) in [6.45, 7) is 0.979. The van der Waals surface area contributed by atoms with Crippen molar-refractivity contribution in [3.05, 3.63) is 95.2 Å². The maximum absolute atomic E-state index is 12.9. The molecule has 1 aliphatic carbocycles. The van der Waals surface area contributed by atoms with Crippen LogP contribution in [0.4, 0.5) is 0 Å². The predicted molar refractivity (Wildman–Crippen MR) is 151 cm³/mol. The Labute approximate surface area is 225 Å². The van der Waals surface area contributed by atoms with E-state index in [9.17, 15) is 4.79 Å². The van der Waals surface area contributed by atoms with Gasteiger partial charge in [-0.25, -0.2) is 0 Å². The van der Waals surface area contributed by atoms with Crippen molar-refractivity contribution in [1.29, 1.82) is 0 Å². The Morgan fingerprint density at radius 2 is 1.63 bits per heavy atom. The first-order valence-corrected chi connectivity index (χ1v) is 13.8. The molecule has 0 saturated heterocycles. The molecule has 0 fully saturated rings. The molecular weight excluding hydrogens is 474 g/mol. The molecule has 1 aliphatic rings. The highest BCUT2D eigenvalue weighted by Gasteiger charge is 2.29. The number of hydrogen-bond acceptors (Lipinski definition) is 4. The van der Waals surface area contributed by atoms with Crippen molar-refractivity contribution in [2.45, 2.75) is 58.0 Å². The van der Waals surface area contributed by atoms with Crippen LogP contribution in [0.1, 0.15) is 54.5 Å². The third-order valence-electron chi connectivity index (χ3n) is 7.49. The molecule has 0 saturated carbocycles. The summed E-state index contributed by atoms with van der Waals surface area (Å²) in [7, 11) is 1.68. The Bertz CT molecular complexity index is 1330. The van der Waals surface area contributed by atoms with Crippen molar-refractivity contribution in [3.8, 4) is 11.5 Å². The number of H-pyrrole nitrogens is 1. The molecule has 0 amide bonds. The lowest BCUT2D eigenvalue weighted by atomic mass is 9.86. The molecule has 0 bridgehead atoms. The molecule has 0 spiro atoms. The van der Waals surface area contributed by atoms with Crippen LogP contribution in [0.2, 0.25) is 0 Å². The fourth-order valence-electron chi connectivity index (χ4n) is 5.36. The van der Waals surface area contributed by atoms with Crippen LogP contribution < -0.4 is 9.47 Å². The van der Waals surface area contributed by atoms with Gasteiger partial charge >= 0.3 is 5.97 Å². The van der Waals surface area contributed by atoms with E-state index >= 15 is 0 Å². The number of carbonyl (C=O) groups is 1. The number of aryl methyl sites for hydroxylation is 2. The van der Waals surface area contributed by atoms with Gasteiger partial charge in [-0.3, -0.25) is 4.79 Å². The lowest BCUT2D eigenvalue weighted by molar-refractivity contribution is -0.150. The van der Waals surface area contributed by atoms with Gasteiger partial charge < -0.3 is 19.2 Å². The Morgan fingerprint density at radius 1 is 0.895 bits per heavy atom. The molecule has 3 aromatic carbocycles. The van der Waals surface area contributed by atoms with Crippen molar-refractivity contribution in [2.24, 2.45) is 5.92 Å². The van der Waals surface area contributed by atoms with E-state index in [1.165, 1.54) is 29.7 Å². The van der Waals surface area contributed by atoms with Gasteiger partial charge in [0, 0.05) is 22.7 Å². The van der Waals surface area contributed by atoms with Gasteiger partial charge in [0.1, 0.15) is 6.61 Å². The third kappa shape index (κ3) is 6.39. The number of unbranched alkanes of at least 4 members (excludes halogenated alkanes) is 3. The SMILES string of the molecule is COc1cc2[nH]c3c(c2cc1OCCCCCCc1ccccc1)CC(C(=O)OCc1ccccc1)CC3. The largest absolute Gasteiger partial charge is 0.493 e. The number of methoxy groups -OCH3 is 1. The van der Waals surface area contributed by atoms with Crippen molar-refractivity contribution in [3.63, 3.8) is 0 Å². The van der Waals surface area contributed by atoms with Gasteiger partial charge in [0.05, 0.1) is 19.6 Å².